The van der Waals surface area contributed by atoms with Gasteiger partial charge >= 0.3 is 23.1 Å². The zero-order chi connectivity index (χ0) is 5.11. The predicted molar refractivity (Wildman–Crippen MR) is 36.0 cm³/mol. The molecule has 0 spiro atoms. The Morgan fingerprint density at radius 3 is 2.22 bits per heavy atom. The second-order valence-electron chi connectivity index (χ2n) is 1.21. The van der Waals surface area contributed by atoms with Crippen molar-refractivity contribution in [2.24, 2.45) is 0 Å². The quantitative estimate of drug-likeness (QED) is 0.376. The third kappa shape index (κ3) is 5.21. The Morgan fingerprint density at radius 1 is 1.33 bits per heavy atom. The van der Waals surface area contributed by atoms with E-state index in [0.29, 0.717) is 5.02 Å². The van der Waals surface area contributed by atoms with Crippen LogP contribution in [0.1, 0.15) is 0 Å². The van der Waals surface area contributed by atoms with Crippen LogP contribution in [0.5, 0.6) is 0 Å². The molecule has 1 aromatic carbocycles. The Morgan fingerprint density at radius 2 is 2.00 bits per heavy atom. The van der Waals surface area contributed by atoms with Gasteiger partial charge in [0.2, 0.25) is 0 Å². The first-order chi connectivity index (χ1) is 3.39. The molecule has 0 atom stereocenters. The number of rotatable bonds is 0. The molecule has 0 radical (unpaired) electrons. The summed E-state index contributed by atoms with van der Waals surface area (Å²) >= 11 is 5.48. The summed E-state index contributed by atoms with van der Waals surface area (Å²) < 4.78 is 0. The van der Waals surface area contributed by atoms with Crippen molar-refractivity contribution in [2.45, 2.75) is 0 Å². The molecular formula is C6H4BrClMg. The molecular weight excluding hydrogens is 212 g/mol. The van der Waals surface area contributed by atoms with Crippen molar-refractivity contribution in [2.75, 3.05) is 0 Å². The van der Waals surface area contributed by atoms with Gasteiger partial charge in [0.1, 0.15) is 0 Å². The summed E-state index contributed by atoms with van der Waals surface area (Å²) in [7, 11) is 0. The summed E-state index contributed by atoms with van der Waals surface area (Å²) in [6, 6.07) is 10.1. The minimum absolute atomic E-state index is 0. The number of hydrogen-bond donors (Lipinski definition) is 0. The molecule has 0 saturated carbocycles. The predicted octanol–water partition coefficient (Wildman–Crippen LogP) is -1.24. The van der Waals surface area contributed by atoms with Crippen LogP contribution in [0.2, 0.25) is 5.02 Å². The van der Waals surface area contributed by atoms with Gasteiger partial charge < -0.3 is 17.0 Å². The maximum absolute atomic E-state index is 5.48. The summed E-state index contributed by atoms with van der Waals surface area (Å²) in [6.07, 6.45) is 0. The summed E-state index contributed by atoms with van der Waals surface area (Å²) in [6.45, 7) is 0. The minimum atomic E-state index is 0. The van der Waals surface area contributed by atoms with Crippen LogP contribution in [0.4, 0.5) is 0 Å². The maximum Gasteiger partial charge on any atom is 2.00 e. The fourth-order valence-corrected chi connectivity index (χ4v) is 0.507. The average molecular weight is 216 g/mol. The molecule has 9 heavy (non-hydrogen) atoms. The molecule has 0 N–H and O–H groups in total. The number of benzene rings is 1. The van der Waals surface area contributed by atoms with Crippen molar-refractivity contribution in [3.05, 3.63) is 35.4 Å². The van der Waals surface area contributed by atoms with E-state index < -0.39 is 0 Å². The Kier molecular flexibility index (Phi) is 9.49. The number of halogens is 2. The molecule has 0 fully saturated rings. The van der Waals surface area contributed by atoms with E-state index in [-0.39, 0.29) is 40.0 Å². The van der Waals surface area contributed by atoms with E-state index in [4.69, 9.17) is 11.6 Å². The zero-order valence-corrected chi connectivity index (χ0v) is 8.53. The first-order valence-corrected chi connectivity index (χ1v) is 2.39. The largest absolute Gasteiger partial charge is 2.00 e. The smallest absolute Gasteiger partial charge is 1.00 e. The van der Waals surface area contributed by atoms with Crippen LogP contribution in [-0.2, 0) is 0 Å². The van der Waals surface area contributed by atoms with Crippen LogP contribution in [0.15, 0.2) is 24.3 Å². The zero-order valence-electron chi connectivity index (χ0n) is 4.77. The second kappa shape index (κ2) is 6.87. The standard InChI is InChI=1S/C6H4Cl.BrH.Mg/c7-6-4-2-1-3-5-6;;/h1-4H;1H;/q-1;;+2/p-1. The fourth-order valence-electron chi connectivity index (χ4n) is 0.371. The van der Waals surface area contributed by atoms with Gasteiger partial charge in [-0.25, -0.2) is 0 Å². The van der Waals surface area contributed by atoms with E-state index in [0.717, 1.165) is 0 Å². The van der Waals surface area contributed by atoms with Crippen LogP contribution in [-0.4, -0.2) is 23.1 Å². The van der Waals surface area contributed by atoms with Gasteiger partial charge in [-0.05, 0) is 0 Å². The molecule has 0 heterocycles. The normalized spacial score (nSPS) is 6.78. The molecule has 0 aliphatic rings. The van der Waals surface area contributed by atoms with Crippen molar-refractivity contribution in [1.29, 1.82) is 0 Å². The molecule has 0 unspecified atom stereocenters. The van der Waals surface area contributed by atoms with E-state index in [1.54, 1.807) is 12.1 Å². The molecule has 3 heteroatoms. The van der Waals surface area contributed by atoms with E-state index in [9.17, 15) is 0 Å². The van der Waals surface area contributed by atoms with Crippen LogP contribution in [0.3, 0.4) is 0 Å². The molecule has 0 amide bonds. The molecule has 1 rings (SSSR count). The molecule has 0 nitrogen and oxygen atoms in total. The van der Waals surface area contributed by atoms with Crippen LogP contribution < -0.4 is 17.0 Å². The van der Waals surface area contributed by atoms with E-state index >= 15 is 0 Å². The van der Waals surface area contributed by atoms with Crippen molar-refractivity contribution in [3.63, 3.8) is 0 Å². The van der Waals surface area contributed by atoms with Gasteiger partial charge in [0, 0.05) is 0 Å². The Bertz CT molecular complexity index is 143. The topological polar surface area (TPSA) is 0 Å². The molecule has 0 bridgehead atoms. The minimum Gasteiger partial charge on any atom is -1.00 e. The summed E-state index contributed by atoms with van der Waals surface area (Å²) in [5, 5.41) is 0.669. The van der Waals surface area contributed by atoms with Gasteiger partial charge in [-0.1, -0.05) is 5.02 Å². The monoisotopic (exact) mass is 214 g/mol. The van der Waals surface area contributed by atoms with Crippen LogP contribution in [0, 0.1) is 6.07 Å². The van der Waals surface area contributed by atoms with Crippen molar-refractivity contribution < 1.29 is 17.0 Å². The van der Waals surface area contributed by atoms with E-state index in [1.807, 2.05) is 12.1 Å². The third-order valence-electron chi connectivity index (χ3n) is 0.671. The fraction of sp³-hybridized carbons (Fsp3) is 0. The molecule has 0 aromatic heterocycles. The van der Waals surface area contributed by atoms with Crippen molar-refractivity contribution >= 4 is 34.7 Å². The summed E-state index contributed by atoms with van der Waals surface area (Å²) in [5.41, 5.74) is 0. The molecule has 0 aliphatic heterocycles. The van der Waals surface area contributed by atoms with E-state index in [1.165, 1.54) is 0 Å². The molecule has 0 saturated heterocycles. The van der Waals surface area contributed by atoms with E-state index in [2.05, 4.69) is 6.07 Å². The van der Waals surface area contributed by atoms with Gasteiger partial charge in [0.25, 0.3) is 0 Å². The third-order valence-corrected chi connectivity index (χ3v) is 0.906. The summed E-state index contributed by atoms with van der Waals surface area (Å²) in [4.78, 5) is 0. The number of hydrogen-bond acceptors (Lipinski definition) is 0. The van der Waals surface area contributed by atoms with Gasteiger partial charge in [0.05, 0.1) is 0 Å². The van der Waals surface area contributed by atoms with Crippen molar-refractivity contribution in [1.82, 2.24) is 0 Å². The van der Waals surface area contributed by atoms with Gasteiger partial charge in [-0.2, -0.15) is 30.3 Å². The molecule has 44 valence electrons. The Hall–Kier alpha value is 0.756. The summed E-state index contributed by atoms with van der Waals surface area (Å²) in [5.74, 6) is 0. The van der Waals surface area contributed by atoms with Crippen LogP contribution in [0.25, 0.3) is 0 Å². The molecule has 1 aromatic rings. The molecule has 0 aliphatic carbocycles. The Balaban J connectivity index is 0. The maximum atomic E-state index is 5.48. The first kappa shape index (κ1) is 12.4. The first-order valence-electron chi connectivity index (χ1n) is 2.02. The van der Waals surface area contributed by atoms with Gasteiger partial charge in [-0.3, -0.25) is 0 Å². The Labute approximate surface area is 86.5 Å². The van der Waals surface area contributed by atoms with Gasteiger partial charge in [-0.15, -0.1) is 11.6 Å². The van der Waals surface area contributed by atoms with Crippen molar-refractivity contribution in [3.8, 4) is 0 Å². The second-order valence-corrected chi connectivity index (χ2v) is 1.62. The van der Waals surface area contributed by atoms with Gasteiger partial charge in [0.15, 0.2) is 0 Å². The average Bonchev–Trinajstić information content (AvgIpc) is 1.69. The van der Waals surface area contributed by atoms with Crippen LogP contribution >= 0.6 is 11.6 Å². The SMILES string of the molecule is Clc1[c-]cccc1.[Br-].[Mg+2].